The van der Waals surface area contributed by atoms with Gasteiger partial charge in [0.1, 0.15) is 11.5 Å². The smallest absolute Gasteiger partial charge is 0.272 e. The highest BCUT2D eigenvalue weighted by Crippen LogP contribution is 2.27. The lowest BCUT2D eigenvalue weighted by molar-refractivity contribution is 0.102. The van der Waals surface area contributed by atoms with Crippen LogP contribution in [-0.2, 0) is 7.05 Å². The summed E-state index contributed by atoms with van der Waals surface area (Å²) in [5.74, 6) is -0.608. The Kier molecular flexibility index (Phi) is 4.13. The van der Waals surface area contributed by atoms with Crippen LogP contribution in [0, 0.1) is 12.7 Å². The third kappa shape index (κ3) is 3.03. The van der Waals surface area contributed by atoms with Crippen molar-refractivity contribution in [2.75, 3.05) is 5.32 Å². The predicted molar refractivity (Wildman–Crippen MR) is 117 cm³/mol. The number of nitrogens with zero attached hydrogens (tertiary/aromatic N) is 3. The minimum atomic E-state index is -0.341. The maximum atomic E-state index is 13.8. The number of anilines is 1. The van der Waals surface area contributed by atoms with E-state index in [0.29, 0.717) is 16.8 Å². The van der Waals surface area contributed by atoms with Gasteiger partial charge in [0.15, 0.2) is 0 Å². The van der Waals surface area contributed by atoms with Crippen molar-refractivity contribution >= 4 is 33.4 Å². The van der Waals surface area contributed by atoms with E-state index in [9.17, 15) is 9.18 Å². The van der Waals surface area contributed by atoms with Gasteiger partial charge in [-0.1, -0.05) is 0 Å². The Morgan fingerprint density at radius 1 is 0.967 bits per heavy atom. The Labute approximate surface area is 172 Å². The summed E-state index contributed by atoms with van der Waals surface area (Å²) in [6, 6.07) is 17.8. The van der Waals surface area contributed by atoms with E-state index in [0.717, 1.165) is 27.8 Å². The number of rotatable bonds is 3. The first-order valence-electron chi connectivity index (χ1n) is 9.60. The molecule has 5 rings (SSSR count). The van der Waals surface area contributed by atoms with Crippen molar-refractivity contribution in [1.29, 1.82) is 0 Å². The minimum absolute atomic E-state index is 0.267. The summed E-state index contributed by atoms with van der Waals surface area (Å²) >= 11 is 0. The van der Waals surface area contributed by atoms with Gasteiger partial charge >= 0.3 is 0 Å². The van der Waals surface area contributed by atoms with Crippen molar-refractivity contribution in [3.63, 3.8) is 0 Å². The molecule has 2 aromatic carbocycles. The molecule has 148 valence electrons. The van der Waals surface area contributed by atoms with Crippen molar-refractivity contribution in [2.45, 2.75) is 6.92 Å². The molecule has 0 aliphatic heterocycles. The van der Waals surface area contributed by atoms with E-state index in [1.807, 2.05) is 65.7 Å². The Morgan fingerprint density at radius 2 is 1.80 bits per heavy atom. The number of halogens is 1. The topological polar surface area (TPSA) is 51.9 Å². The minimum Gasteiger partial charge on any atom is -0.351 e. The zero-order chi connectivity index (χ0) is 20.8. The second kappa shape index (κ2) is 6.84. The molecule has 30 heavy (non-hydrogen) atoms. The van der Waals surface area contributed by atoms with Crippen LogP contribution in [0.5, 0.6) is 0 Å². The molecule has 5 nitrogen and oxygen atoms in total. The maximum Gasteiger partial charge on any atom is 0.272 e. The van der Waals surface area contributed by atoms with Crippen molar-refractivity contribution < 1.29 is 9.18 Å². The molecule has 1 N–H and O–H groups in total. The predicted octanol–water partition coefficient (Wildman–Crippen LogP) is 5.22. The lowest BCUT2D eigenvalue weighted by Crippen LogP contribution is -2.16. The third-order valence-corrected chi connectivity index (χ3v) is 5.28. The van der Waals surface area contributed by atoms with Crippen molar-refractivity contribution in [3.05, 3.63) is 90.3 Å². The molecule has 0 unspecified atom stereocenters. The zero-order valence-corrected chi connectivity index (χ0v) is 16.6. The number of carbonyl (C=O) groups is 1. The maximum absolute atomic E-state index is 13.8. The number of pyridine rings is 1. The quantitative estimate of drug-likeness (QED) is 0.453. The molecular formula is C24H19FN4O. The van der Waals surface area contributed by atoms with Crippen molar-refractivity contribution in [3.8, 4) is 5.69 Å². The van der Waals surface area contributed by atoms with Gasteiger partial charge in [-0.15, -0.1) is 0 Å². The summed E-state index contributed by atoms with van der Waals surface area (Å²) in [5, 5.41) is 4.69. The monoisotopic (exact) mass is 398 g/mol. The van der Waals surface area contributed by atoms with E-state index in [2.05, 4.69) is 10.3 Å². The average Bonchev–Trinajstić information content (AvgIpc) is 3.28. The normalized spacial score (nSPS) is 11.3. The second-order valence-electron chi connectivity index (χ2n) is 7.38. The molecule has 0 bridgehead atoms. The Hall–Kier alpha value is -3.93. The van der Waals surface area contributed by atoms with Gasteiger partial charge in [0.25, 0.3) is 5.91 Å². The van der Waals surface area contributed by atoms with Crippen molar-refractivity contribution in [1.82, 2.24) is 14.1 Å². The molecule has 5 aromatic rings. The Balaban J connectivity index is 1.61. The number of fused-ring (bicyclic) bond motifs is 2. The third-order valence-electron chi connectivity index (χ3n) is 5.28. The summed E-state index contributed by atoms with van der Waals surface area (Å²) in [7, 11) is 1.98. The van der Waals surface area contributed by atoms with Crippen LogP contribution < -0.4 is 5.32 Å². The highest BCUT2D eigenvalue weighted by molar-refractivity contribution is 6.07. The number of hydrogen-bond donors (Lipinski definition) is 1. The summed E-state index contributed by atoms with van der Waals surface area (Å²) in [6.07, 6.45) is 3.68. The Morgan fingerprint density at radius 3 is 2.63 bits per heavy atom. The first-order valence-corrected chi connectivity index (χ1v) is 9.60. The fraction of sp³-hybridized carbons (Fsp3) is 0.0833. The van der Waals surface area contributed by atoms with Crippen LogP contribution in [0.1, 0.15) is 16.2 Å². The van der Waals surface area contributed by atoms with E-state index >= 15 is 0 Å². The Bertz CT molecular complexity index is 1430. The average molecular weight is 398 g/mol. The lowest BCUT2D eigenvalue weighted by atomic mass is 10.2. The molecule has 6 heteroatoms. The van der Waals surface area contributed by atoms with E-state index in [1.54, 1.807) is 18.3 Å². The van der Waals surface area contributed by atoms with Gasteiger partial charge < -0.3 is 14.5 Å². The van der Waals surface area contributed by atoms with E-state index < -0.39 is 0 Å². The highest BCUT2D eigenvalue weighted by Gasteiger charge is 2.18. The SMILES string of the molecule is Cc1cc(-n2c(C(=O)Nc3ccc4c(ccn4C)c3)cc3cc(F)ccc32)ccn1. The summed E-state index contributed by atoms with van der Waals surface area (Å²) < 4.78 is 17.7. The zero-order valence-electron chi connectivity index (χ0n) is 16.6. The first-order chi connectivity index (χ1) is 14.5. The molecule has 0 saturated carbocycles. The van der Waals surface area contributed by atoms with E-state index in [4.69, 9.17) is 0 Å². The number of benzene rings is 2. The molecular weight excluding hydrogens is 379 g/mol. The molecule has 0 fully saturated rings. The van der Waals surface area contributed by atoms with Crippen LogP contribution in [0.15, 0.2) is 73.1 Å². The van der Waals surface area contributed by atoms with Gasteiger partial charge in [-0.25, -0.2) is 4.39 Å². The van der Waals surface area contributed by atoms with Gasteiger partial charge in [-0.05, 0) is 67.6 Å². The number of hydrogen-bond acceptors (Lipinski definition) is 2. The fourth-order valence-corrected chi connectivity index (χ4v) is 3.86. The van der Waals surface area contributed by atoms with Crippen LogP contribution in [0.25, 0.3) is 27.5 Å². The number of amides is 1. The number of carbonyl (C=O) groups excluding carboxylic acids is 1. The van der Waals surface area contributed by atoms with Gasteiger partial charge in [0.2, 0.25) is 0 Å². The molecule has 3 aromatic heterocycles. The van der Waals surface area contributed by atoms with Crippen LogP contribution in [-0.4, -0.2) is 20.0 Å². The largest absolute Gasteiger partial charge is 0.351 e. The molecule has 0 aliphatic rings. The van der Waals surface area contributed by atoms with Crippen LogP contribution in [0.2, 0.25) is 0 Å². The highest BCUT2D eigenvalue weighted by atomic mass is 19.1. The summed E-state index contributed by atoms with van der Waals surface area (Å²) in [5.41, 5.74) is 4.60. The summed E-state index contributed by atoms with van der Waals surface area (Å²) in [6.45, 7) is 1.89. The van der Waals surface area contributed by atoms with Crippen LogP contribution in [0.3, 0.4) is 0 Å². The fourth-order valence-electron chi connectivity index (χ4n) is 3.86. The lowest BCUT2D eigenvalue weighted by Gasteiger charge is -2.12. The molecule has 0 saturated heterocycles. The molecule has 1 amide bonds. The standard InChI is InChI=1S/C24H19FN4O/c1-15-11-20(7-9-26-15)29-22-5-3-18(25)12-17(22)14-23(29)24(30)27-19-4-6-21-16(13-19)8-10-28(21)2/h3-14H,1-2H3,(H,27,30). The number of aromatic nitrogens is 3. The molecule has 3 heterocycles. The van der Waals surface area contributed by atoms with E-state index in [1.165, 1.54) is 12.1 Å². The second-order valence-corrected chi connectivity index (χ2v) is 7.38. The first kappa shape index (κ1) is 18.1. The molecule has 0 aliphatic carbocycles. The molecule has 0 radical (unpaired) electrons. The summed E-state index contributed by atoms with van der Waals surface area (Å²) in [4.78, 5) is 17.5. The van der Waals surface area contributed by atoms with Gasteiger partial charge in [-0.3, -0.25) is 9.78 Å². The molecule has 0 atom stereocenters. The molecule has 0 spiro atoms. The van der Waals surface area contributed by atoms with Gasteiger partial charge in [-0.2, -0.15) is 0 Å². The van der Waals surface area contributed by atoms with Gasteiger partial charge in [0.05, 0.1) is 5.52 Å². The van der Waals surface area contributed by atoms with Gasteiger partial charge in [0, 0.05) is 52.8 Å². The van der Waals surface area contributed by atoms with E-state index in [-0.39, 0.29) is 11.7 Å². The van der Waals surface area contributed by atoms with Crippen LogP contribution >= 0.6 is 0 Å². The van der Waals surface area contributed by atoms with Crippen LogP contribution in [0.4, 0.5) is 10.1 Å². The van der Waals surface area contributed by atoms with Crippen molar-refractivity contribution in [2.24, 2.45) is 7.05 Å². The number of aryl methyl sites for hydroxylation is 2. The number of nitrogens with one attached hydrogen (secondary N) is 1.